The summed E-state index contributed by atoms with van der Waals surface area (Å²) in [6, 6.07) is 8.06. The third kappa shape index (κ3) is 4.13. The molecule has 0 saturated carbocycles. The van der Waals surface area contributed by atoms with Crippen LogP contribution in [0.3, 0.4) is 0 Å². The molecular formula is C16H14F2O4S. The van der Waals surface area contributed by atoms with Crippen LogP contribution in [0.5, 0.6) is 5.75 Å². The zero-order valence-corrected chi connectivity index (χ0v) is 13.2. The molecule has 2 aromatic rings. The van der Waals surface area contributed by atoms with E-state index in [2.05, 4.69) is 0 Å². The van der Waals surface area contributed by atoms with Gasteiger partial charge in [-0.25, -0.2) is 17.2 Å². The summed E-state index contributed by atoms with van der Waals surface area (Å²) in [6.07, 6.45) is 0.0113. The normalized spacial score (nSPS) is 12.7. The number of ketones is 1. The second-order valence-corrected chi connectivity index (χ2v) is 7.01. The molecule has 0 aliphatic carbocycles. The van der Waals surface area contributed by atoms with Gasteiger partial charge in [0.05, 0.1) is 10.5 Å². The lowest BCUT2D eigenvalue weighted by atomic mass is 10.1. The van der Waals surface area contributed by atoms with Crippen molar-refractivity contribution in [2.45, 2.75) is 17.9 Å². The average Bonchev–Trinajstić information content (AvgIpc) is 2.48. The van der Waals surface area contributed by atoms with Gasteiger partial charge < -0.3 is 4.74 Å². The third-order valence-electron chi connectivity index (χ3n) is 3.13. The zero-order chi connectivity index (χ0) is 17.2. The quantitative estimate of drug-likeness (QED) is 0.785. The molecule has 2 rings (SSSR count). The first kappa shape index (κ1) is 17.1. The Hall–Kier alpha value is -2.28. The summed E-state index contributed by atoms with van der Waals surface area (Å²) in [7, 11) is -3.33. The number of benzene rings is 2. The molecule has 0 aromatic heterocycles. The number of carbonyl (C=O) groups excluding carboxylic acids is 1. The van der Waals surface area contributed by atoms with Gasteiger partial charge in [-0.3, -0.25) is 4.79 Å². The lowest BCUT2D eigenvalue weighted by molar-refractivity contribution is 0.0813. The number of ether oxygens (including phenoxy) is 1. The largest absolute Gasteiger partial charge is 0.483 e. The molecular weight excluding hydrogens is 326 g/mol. The molecule has 0 N–H and O–H groups in total. The molecule has 0 saturated heterocycles. The molecule has 1 atom stereocenters. The minimum absolute atomic E-state index is 0.111. The summed E-state index contributed by atoms with van der Waals surface area (Å²) in [5.41, 5.74) is -0.398. The second kappa shape index (κ2) is 6.45. The molecule has 23 heavy (non-hydrogen) atoms. The van der Waals surface area contributed by atoms with Crippen LogP contribution in [0.25, 0.3) is 0 Å². The van der Waals surface area contributed by atoms with Crippen molar-refractivity contribution in [1.82, 2.24) is 0 Å². The van der Waals surface area contributed by atoms with E-state index in [9.17, 15) is 22.0 Å². The summed E-state index contributed by atoms with van der Waals surface area (Å²) in [5, 5.41) is 0. The van der Waals surface area contributed by atoms with Crippen LogP contribution in [-0.4, -0.2) is 26.6 Å². The highest BCUT2D eigenvalue weighted by molar-refractivity contribution is 7.90. The van der Waals surface area contributed by atoms with Crippen molar-refractivity contribution in [2.24, 2.45) is 0 Å². The van der Waals surface area contributed by atoms with Crippen LogP contribution >= 0.6 is 0 Å². The highest BCUT2D eigenvalue weighted by Crippen LogP contribution is 2.19. The van der Waals surface area contributed by atoms with Gasteiger partial charge in [-0.05, 0) is 49.4 Å². The molecule has 2 aromatic carbocycles. The zero-order valence-electron chi connectivity index (χ0n) is 12.4. The number of hydrogen-bond acceptors (Lipinski definition) is 4. The summed E-state index contributed by atoms with van der Waals surface area (Å²) in [6.45, 7) is 1.40. The van der Waals surface area contributed by atoms with Gasteiger partial charge in [-0.15, -0.1) is 0 Å². The first-order valence-electron chi connectivity index (χ1n) is 6.64. The average molecular weight is 340 g/mol. The van der Waals surface area contributed by atoms with Crippen molar-refractivity contribution in [1.29, 1.82) is 0 Å². The van der Waals surface area contributed by atoms with Gasteiger partial charge in [-0.2, -0.15) is 0 Å². The van der Waals surface area contributed by atoms with E-state index in [1.165, 1.54) is 31.2 Å². The molecule has 4 nitrogen and oxygen atoms in total. The standard InChI is InChI=1S/C16H14F2O4S/c1-10(16(19)14-9-11(17)3-8-15(14)18)22-12-4-6-13(7-5-12)23(2,20)21/h3-10H,1-2H3. The fourth-order valence-electron chi connectivity index (χ4n) is 1.93. The molecule has 0 radical (unpaired) electrons. The minimum Gasteiger partial charge on any atom is -0.483 e. The maximum atomic E-state index is 13.6. The van der Waals surface area contributed by atoms with Crippen LogP contribution in [0.4, 0.5) is 8.78 Å². The Morgan fingerprint density at radius 2 is 1.70 bits per heavy atom. The Bertz CT molecular complexity index is 830. The van der Waals surface area contributed by atoms with E-state index >= 15 is 0 Å². The first-order chi connectivity index (χ1) is 10.7. The van der Waals surface area contributed by atoms with Gasteiger partial charge in [0.2, 0.25) is 5.78 Å². The smallest absolute Gasteiger partial charge is 0.206 e. The first-order valence-corrected chi connectivity index (χ1v) is 8.53. The van der Waals surface area contributed by atoms with E-state index in [1.807, 2.05) is 0 Å². The lowest BCUT2D eigenvalue weighted by Crippen LogP contribution is -2.25. The van der Waals surface area contributed by atoms with Gasteiger partial charge in [0, 0.05) is 6.26 Å². The Balaban J connectivity index is 2.17. The van der Waals surface area contributed by atoms with E-state index in [0.29, 0.717) is 0 Å². The van der Waals surface area contributed by atoms with Crippen LogP contribution in [-0.2, 0) is 9.84 Å². The highest BCUT2D eigenvalue weighted by Gasteiger charge is 2.21. The van der Waals surface area contributed by atoms with Crippen LogP contribution < -0.4 is 4.74 Å². The van der Waals surface area contributed by atoms with Gasteiger partial charge in [0.15, 0.2) is 15.9 Å². The summed E-state index contributed by atoms with van der Waals surface area (Å²) in [5.74, 6) is -2.03. The van der Waals surface area contributed by atoms with Crippen LogP contribution in [0.2, 0.25) is 0 Å². The van der Waals surface area contributed by atoms with Gasteiger partial charge in [0.25, 0.3) is 0 Å². The topological polar surface area (TPSA) is 60.4 Å². The molecule has 0 bridgehead atoms. The Labute approximate surface area is 132 Å². The molecule has 122 valence electrons. The fourth-order valence-corrected chi connectivity index (χ4v) is 2.56. The van der Waals surface area contributed by atoms with E-state index in [-0.39, 0.29) is 10.6 Å². The molecule has 0 aliphatic heterocycles. The van der Waals surface area contributed by atoms with E-state index < -0.39 is 38.9 Å². The highest BCUT2D eigenvalue weighted by atomic mass is 32.2. The number of sulfone groups is 1. The molecule has 7 heteroatoms. The lowest BCUT2D eigenvalue weighted by Gasteiger charge is -2.14. The maximum Gasteiger partial charge on any atom is 0.206 e. The van der Waals surface area contributed by atoms with E-state index in [1.54, 1.807) is 0 Å². The third-order valence-corrected chi connectivity index (χ3v) is 4.26. The van der Waals surface area contributed by atoms with E-state index in [4.69, 9.17) is 4.74 Å². The van der Waals surface area contributed by atoms with E-state index in [0.717, 1.165) is 24.5 Å². The summed E-state index contributed by atoms with van der Waals surface area (Å²) in [4.78, 5) is 12.2. The Morgan fingerprint density at radius 1 is 1.09 bits per heavy atom. The number of hydrogen-bond donors (Lipinski definition) is 0. The van der Waals surface area contributed by atoms with Crippen molar-refractivity contribution in [2.75, 3.05) is 6.26 Å². The van der Waals surface area contributed by atoms with Crippen molar-refractivity contribution in [3.05, 3.63) is 59.7 Å². The van der Waals surface area contributed by atoms with Crippen molar-refractivity contribution in [3.8, 4) is 5.75 Å². The van der Waals surface area contributed by atoms with Gasteiger partial charge in [-0.1, -0.05) is 0 Å². The molecule has 0 aliphatic rings. The number of rotatable bonds is 5. The fraction of sp³-hybridized carbons (Fsp3) is 0.188. The van der Waals surface area contributed by atoms with Crippen molar-refractivity contribution >= 4 is 15.6 Å². The minimum atomic E-state index is -3.33. The van der Waals surface area contributed by atoms with Crippen molar-refractivity contribution < 1.29 is 26.7 Å². The van der Waals surface area contributed by atoms with Crippen LogP contribution in [0, 0.1) is 11.6 Å². The molecule has 0 heterocycles. The number of carbonyl (C=O) groups is 1. The summed E-state index contributed by atoms with van der Waals surface area (Å²) >= 11 is 0. The van der Waals surface area contributed by atoms with Crippen molar-refractivity contribution in [3.63, 3.8) is 0 Å². The SMILES string of the molecule is CC(Oc1ccc(S(C)(=O)=O)cc1)C(=O)c1cc(F)ccc1F. The number of Topliss-reactive ketones (excluding diaryl/α,β-unsaturated/α-hetero) is 1. The molecule has 0 fully saturated rings. The molecule has 0 spiro atoms. The van der Waals surface area contributed by atoms with Crippen LogP contribution in [0.15, 0.2) is 47.4 Å². The number of halogens is 2. The van der Waals surface area contributed by atoms with Gasteiger partial charge >= 0.3 is 0 Å². The molecule has 0 amide bonds. The predicted molar refractivity (Wildman–Crippen MR) is 80.3 cm³/mol. The maximum absolute atomic E-state index is 13.6. The molecule has 1 unspecified atom stereocenters. The predicted octanol–water partition coefficient (Wildman–Crippen LogP) is 3.02. The Morgan fingerprint density at radius 3 is 2.26 bits per heavy atom. The summed E-state index contributed by atoms with van der Waals surface area (Å²) < 4.78 is 54.8. The van der Waals surface area contributed by atoms with Crippen LogP contribution in [0.1, 0.15) is 17.3 Å². The van der Waals surface area contributed by atoms with Gasteiger partial charge in [0.1, 0.15) is 17.4 Å². The second-order valence-electron chi connectivity index (χ2n) is 4.99. The monoisotopic (exact) mass is 340 g/mol. The Kier molecular flexibility index (Phi) is 4.79.